The van der Waals surface area contributed by atoms with Crippen LogP contribution >= 0.6 is 0 Å². The number of nitrogens with one attached hydrogen (secondary N) is 1. The predicted molar refractivity (Wildman–Crippen MR) is 72.7 cm³/mol. The van der Waals surface area contributed by atoms with Crippen molar-refractivity contribution in [3.8, 4) is 0 Å². The fraction of sp³-hybridized carbons (Fsp3) is 0.286. The van der Waals surface area contributed by atoms with E-state index in [2.05, 4.69) is 10.3 Å². The number of hydrogen-bond acceptors (Lipinski definition) is 4. The summed E-state index contributed by atoms with van der Waals surface area (Å²) in [5, 5.41) is 2.91. The van der Waals surface area contributed by atoms with Crippen LogP contribution in [-0.2, 0) is 0 Å². The lowest BCUT2D eigenvalue weighted by molar-refractivity contribution is 0.0939. The van der Waals surface area contributed by atoms with Crippen LogP contribution in [0.4, 0.5) is 5.82 Å². The standard InChI is InChI=1S/C14H17N3O2/c1-8-6-12(10(3)19-8)9(2)17-14(18)11-4-5-13(15)16-7-11/h4-7,9H,1-3H3,(H2,15,16)(H,17,18). The molecule has 0 aromatic carbocycles. The van der Waals surface area contributed by atoms with Crippen LogP contribution in [-0.4, -0.2) is 10.9 Å². The molecule has 0 aliphatic rings. The first-order chi connectivity index (χ1) is 8.97. The van der Waals surface area contributed by atoms with E-state index in [0.29, 0.717) is 11.4 Å². The second-order valence-electron chi connectivity index (χ2n) is 4.54. The highest BCUT2D eigenvalue weighted by Crippen LogP contribution is 2.21. The minimum absolute atomic E-state index is 0.123. The van der Waals surface area contributed by atoms with Crippen LogP contribution in [0.5, 0.6) is 0 Å². The Morgan fingerprint density at radius 3 is 2.68 bits per heavy atom. The number of pyridine rings is 1. The summed E-state index contributed by atoms with van der Waals surface area (Å²) in [6.45, 7) is 5.69. The van der Waals surface area contributed by atoms with Gasteiger partial charge in [-0.25, -0.2) is 4.98 Å². The topological polar surface area (TPSA) is 81.2 Å². The van der Waals surface area contributed by atoms with Crippen LogP contribution in [0.25, 0.3) is 0 Å². The van der Waals surface area contributed by atoms with Crippen LogP contribution in [0.2, 0.25) is 0 Å². The minimum Gasteiger partial charge on any atom is -0.466 e. The van der Waals surface area contributed by atoms with Gasteiger partial charge in [0.15, 0.2) is 0 Å². The number of nitrogens with two attached hydrogens (primary N) is 1. The molecule has 0 saturated carbocycles. The Morgan fingerprint density at radius 2 is 2.16 bits per heavy atom. The Bertz CT molecular complexity index is 587. The van der Waals surface area contributed by atoms with Gasteiger partial charge in [0.2, 0.25) is 0 Å². The van der Waals surface area contributed by atoms with Gasteiger partial charge in [-0.2, -0.15) is 0 Å². The summed E-state index contributed by atoms with van der Waals surface area (Å²) in [7, 11) is 0. The van der Waals surface area contributed by atoms with Crippen molar-refractivity contribution in [1.82, 2.24) is 10.3 Å². The number of amides is 1. The van der Waals surface area contributed by atoms with Gasteiger partial charge in [0, 0.05) is 11.8 Å². The molecule has 2 heterocycles. The number of carbonyl (C=O) groups is 1. The van der Waals surface area contributed by atoms with Gasteiger partial charge in [0.25, 0.3) is 5.91 Å². The van der Waals surface area contributed by atoms with Crippen LogP contribution < -0.4 is 11.1 Å². The molecule has 0 radical (unpaired) electrons. The molecule has 0 aliphatic heterocycles. The van der Waals surface area contributed by atoms with Crippen molar-refractivity contribution in [3.05, 3.63) is 47.0 Å². The number of carbonyl (C=O) groups excluding carboxylic acids is 1. The number of nitrogen functional groups attached to an aromatic ring is 1. The van der Waals surface area contributed by atoms with E-state index in [1.807, 2.05) is 26.8 Å². The number of aryl methyl sites for hydroxylation is 2. The van der Waals surface area contributed by atoms with Crippen molar-refractivity contribution in [1.29, 1.82) is 0 Å². The highest BCUT2D eigenvalue weighted by atomic mass is 16.3. The van der Waals surface area contributed by atoms with Gasteiger partial charge < -0.3 is 15.5 Å². The molecular formula is C14H17N3O2. The van der Waals surface area contributed by atoms with Crippen molar-refractivity contribution < 1.29 is 9.21 Å². The smallest absolute Gasteiger partial charge is 0.253 e. The number of anilines is 1. The molecule has 0 saturated heterocycles. The molecular weight excluding hydrogens is 242 g/mol. The molecule has 1 amide bonds. The molecule has 2 aromatic rings. The Hall–Kier alpha value is -2.30. The predicted octanol–water partition coefficient (Wildman–Crippen LogP) is 2.36. The van der Waals surface area contributed by atoms with Gasteiger partial charge in [0.05, 0.1) is 11.6 Å². The van der Waals surface area contributed by atoms with Crippen LogP contribution in [0.15, 0.2) is 28.8 Å². The van der Waals surface area contributed by atoms with Gasteiger partial charge in [-0.1, -0.05) is 0 Å². The van der Waals surface area contributed by atoms with Gasteiger partial charge in [0.1, 0.15) is 17.3 Å². The molecule has 0 spiro atoms. The largest absolute Gasteiger partial charge is 0.466 e. The van der Waals surface area contributed by atoms with E-state index in [-0.39, 0.29) is 11.9 Å². The fourth-order valence-electron chi connectivity index (χ4n) is 1.98. The Morgan fingerprint density at radius 1 is 1.42 bits per heavy atom. The number of rotatable bonds is 3. The summed E-state index contributed by atoms with van der Waals surface area (Å²) < 4.78 is 5.46. The van der Waals surface area contributed by atoms with Gasteiger partial charge in [-0.3, -0.25) is 4.79 Å². The van der Waals surface area contributed by atoms with Crippen molar-refractivity contribution in [2.75, 3.05) is 5.73 Å². The monoisotopic (exact) mass is 259 g/mol. The summed E-state index contributed by atoms with van der Waals surface area (Å²) in [4.78, 5) is 15.9. The van der Waals surface area contributed by atoms with E-state index >= 15 is 0 Å². The lowest BCUT2D eigenvalue weighted by Crippen LogP contribution is -2.26. The number of nitrogens with zero attached hydrogens (tertiary/aromatic N) is 1. The van der Waals surface area contributed by atoms with Crippen molar-refractivity contribution in [2.24, 2.45) is 0 Å². The summed E-state index contributed by atoms with van der Waals surface area (Å²) >= 11 is 0. The van der Waals surface area contributed by atoms with E-state index < -0.39 is 0 Å². The molecule has 0 bridgehead atoms. The lowest BCUT2D eigenvalue weighted by Gasteiger charge is -2.13. The highest BCUT2D eigenvalue weighted by Gasteiger charge is 2.16. The second-order valence-corrected chi connectivity index (χ2v) is 4.54. The zero-order chi connectivity index (χ0) is 14.0. The molecule has 1 unspecified atom stereocenters. The molecule has 5 nitrogen and oxygen atoms in total. The Kier molecular flexibility index (Phi) is 3.55. The van der Waals surface area contributed by atoms with Gasteiger partial charge in [-0.15, -0.1) is 0 Å². The molecule has 2 aromatic heterocycles. The maximum absolute atomic E-state index is 12.0. The summed E-state index contributed by atoms with van der Waals surface area (Å²) in [6.07, 6.45) is 1.46. The first kappa shape index (κ1) is 13.1. The van der Waals surface area contributed by atoms with Gasteiger partial charge in [-0.05, 0) is 39.0 Å². The molecule has 0 fully saturated rings. The van der Waals surface area contributed by atoms with E-state index in [1.165, 1.54) is 6.20 Å². The molecule has 2 rings (SSSR count). The molecule has 1 atom stereocenters. The van der Waals surface area contributed by atoms with Crippen molar-refractivity contribution >= 4 is 11.7 Å². The molecule has 5 heteroatoms. The van der Waals surface area contributed by atoms with Crippen molar-refractivity contribution in [2.45, 2.75) is 26.8 Å². The Balaban J connectivity index is 2.10. The van der Waals surface area contributed by atoms with E-state index in [9.17, 15) is 4.79 Å². The molecule has 0 aliphatic carbocycles. The lowest BCUT2D eigenvalue weighted by atomic mass is 10.1. The number of aromatic nitrogens is 1. The Labute approximate surface area is 111 Å². The maximum Gasteiger partial charge on any atom is 0.253 e. The van der Waals surface area contributed by atoms with Crippen LogP contribution in [0.1, 0.15) is 40.4 Å². The van der Waals surface area contributed by atoms with E-state index in [4.69, 9.17) is 10.2 Å². The second kappa shape index (κ2) is 5.14. The minimum atomic E-state index is -0.182. The summed E-state index contributed by atoms with van der Waals surface area (Å²) in [5.74, 6) is 1.87. The van der Waals surface area contributed by atoms with E-state index in [0.717, 1.165) is 17.1 Å². The fourth-order valence-corrected chi connectivity index (χ4v) is 1.98. The quantitative estimate of drug-likeness (QED) is 0.886. The summed E-state index contributed by atoms with van der Waals surface area (Å²) in [6, 6.07) is 5.06. The third-order valence-corrected chi connectivity index (χ3v) is 2.94. The molecule has 3 N–H and O–H groups in total. The van der Waals surface area contributed by atoms with Crippen LogP contribution in [0.3, 0.4) is 0 Å². The third-order valence-electron chi connectivity index (χ3n) is 2.94. The van der Waals surface area contributed by atoms with Gasteiger partial charge >= 0.3 is 0 Å². The molecule has 19 heavy (non-hydrogen) atoms. The number of hydrogen-bond donors (Lipinski definition) is 2. The SMILES string of the molecule is Cc1cc(C(C)NC(=O)c2ccc(N)nc2)c(C)o1. The molecule has 100 valence electrons. The van der Waals surface area contributed by atoms with E-state index in [1.54, 1.807) is 12.1 Å². The zero-order valence-electron chi connectivity index (χ0n) is 11.2. The highest BCUT2D eigenvalue weighted by molar-refractivity contribution is 5.94. The van der Waals surface area contributed by atoms with Crippen LogP contribution in [0, 0.1) is 13.8 Å². The zero-order valence-corrected chi connectivity index (χ0v) is 11.2. The average Bonchev–Trinajstić information content (AvgIpc) is 2.69. The first-order valence-corrected chi connectivity index (χ1v) is 6.06. The van der Waals surface area contributed by atoms with Crippen molar-refractivity contribution in [3.63, 3.8) is 0 Å². The maximum atomic E-state index is 12.0. The average molecular weight is 259 g/mol. The third kappa shape index (κ3) is 2.93. The number of furan rings is 1. The first-order valence-electron chi connectivity index (χ1n) is 6.06. The normalized spacial score (nSPS) is 12.2. The summed E-state index contributed by atoms with van der Waals surface area (Å²) in [5.41, 5.74) is 6.95.